The Morgan fingerprint density at radius 3 is 1.08 bits per heavy atom. The van der Waals surface area contributed by atoms with Gasteiger partial charge in [-0.3, -0.25) is 0 Å². The van der Waals surface area contributed by atoms with Crippen molar-refractivity contribution < 1.29 is 0 Å². The van der Waals surface area contributed by atoms with Crippen molar-refractivity contribution in [2.75, 3.05) is 9.80 Å². The predicted molar refractivity (Wildman–Crippen MR) is 310 cm³/mol. The number of fused-ring (bicyclic) bond motifs is 10. The summed E-state index contributed by atoms with van der Waals surface area (Å²) >= 11 is 6.81. The molecule has 332 valence electrons. The van der Waals surface area contributed by atoms with Crippen molar-refractivity contribution in [3.05, 3.63) is 266 Å². The van der Waals surface area contributed by atoms with Gasteiger partial charge in [0.2, 0.25) is 6.71 Å². The molecule has 0 amide bonds. The summed E-state index contributed by atoms with van der Waals surface area (Å²) in [7, 11) is 0. The summed E-state index contributed by atoms with van der Waals surface area (Å²) in [5.41, 5.74) is 28.9. The van der Waals surface area contributed by atoms with Crippen LogP contribution in [0.2, 0.25) is 0 Å². The average molecular weight is 929 g/mol. The zero-order valence-electron chi connectivity index (χ0n) is 39.2. The molecule has 0 saturated carbocycles. The van der Waals surface area contributed by atoms with E-state index in [-0.39, 0.29) is 13.4 Å². The second-order valence-corrected chi connectivity index (χ2v) is 19.8. The van der Waals surface area contributed by atoms with Gasteiger partial charge in [0.05, 0.1) is 10.6 Å². The molecular weight excluding hydrogens is 886 g/mol. The molecule has 11 aromatic carbocycles. The van der Waals surface area contributed by atoms with Gasteiger partial charge in [-0.05, 0) is 107 Å². The van der Waals surface area contributed by atoms with Crippen LogP contribution in [0.1, 0.15) is 11.1 Å². The summed E-state index contributed by atoms with van der Waals surface area (Å²) in [6, 6.07) is 94.3. The third-order valence-electron chi connectivity index (χ3n) is 15.6. The Morgan fingerprint density at radius 2 is 0.625 bits per heavy atom. The summed E-state index contributed by atoms with van der Waals surface area (Å²) in [6.07, 6.45) is 0. The first-order valence-electron chi connectivity index (χ1n) is 24.9. The quantitative estimate of drug-likeness (QED) is 0.121. The maximum atomic E-state index is 6.81. The summed E-state index contributed by atoms with van der Waals surface area (Å²) in [6.45, 7) is -0.170. The largest absolute Gasteiger partial charge is 0.312 e. The molecule has 15 rings (SSSR count). The fourth-order valence-corrected chi connectivity index (χ4v) is 12.9. The van der Waals surface area contributed by atoms with Crippen LogP contribution in [0.3, 0.4) is 0 Å². The number of hydrogen-bond acceptors (Lipinski definition) is 3. The van der Waals surface area contributed by atoms with Crippen molar-refractivity contribution in [1.29, 1.82) is 0 Å². The number of anilines is 6. The molecule has 4 heterocycles. The highest BCUT2D eigenvalue weighted by Gasteiger charge is 2.51. The molecule has 2 nitrogen and oxygen atoms in total. The van der Waals surface area contributed by atoms with E-state index >= 15 is 0 Å². The van der Waals surface area contributed by atoms with Gasteiger partial charge in [0, 0.05) is 39.6 Å². The molecule has 11 aromatic rings. The monoisotopic (exact) mass is 928 g/mol. The van der Waals surface area contributed by atoms with Crippen LogP contribution in [0.5, 0.6) is 0 Å². The third-order valence-corrected chi connectivity index (χ3v) is 16.1. The van der Waals surface area contributed by atoms with Crippen molar-refractivity contribution in [3.8, 4) is 55.6 Å². The second kappa shape index (κ2) is 16.1. The topological polar surface area (TPSA) is 6.48 Å². The number of para-hydroxylation sites is 1. The first kappa shape index (κ1) is 41.1. The van der Waals surface area contributed by atoms with Crippen LogP contribution >= 0.6 is 12.2 Å². The van der Waals surface area contributed by atoms with Crippen LogP contribution in [-0.2, 0) is 0 Å². The van der Waals surface area contributed by atoms with Gasteiger partial charge in [-0.25, -0.2) is 0 Å². The van der Waals surface area contributed by atoms with Gasteiger partial charge < -0.3 is 9.80 Å². The molecule has 0 atom stereocenters. The second-order valence-electron chi connectivity index (χ2n) is 19.4. The normalized spacial score (nSPS) is 13.2. The van der Waals surface area contributed by atoms with Crippen LogP contribution < -0.4 is 42.6 Å². The Kier molecular flexibility index (Phi) is 9.21. The van der Waals surface area contributed by atoms with Crippen molar-refractivity contribution in [3.63, 3.8) is 0 Å². The van der Waals surface area contributed by atoms with E-state index in [9.17, 15) is 0 Å². The summed E-state index contributed by atoms with van der Waals surface area (Å²) in [5, 5.41) is 0. The number of hydrogen-bond donors (Lipinski definition) is 0. The highest BCUT2D eigenvalue weighted by Crippen LogP contribution is 2.51. The fourth-order valence-electron chi connectivity index (χ4n) is 12.6. The lowest BCUT2D eigenvalue weighted by atomic mass is 9.28. The Bertz CT molecular complexity index is 3950. The molecule has 0 spiro atoms. The van der Waals surface area contributed by atoms with Crippen LogP contribution in [0.4, 0.5) is 34.1 Å². The van der Waals surface area contributed by atoms with Crippen molar-refractivity contribution in [1.82, 2.24) is 0 Å². The number of rotatable bonds is 6. The van der Waals surface area contributed by atoms with Crippen molar-refractivity contribution >= 4 is 97.4 Å². The van der Waals surface area contributed by atoms with E-state index in [1.54, 1.807) is 0 Å². The maximum absolute atomic E-state index is 6.81. The zero-order chi connectivity index (χ0) is 47.4. The molecule has 0 radical (unpaired) electrons. The fraction of sp³-hybridized carbons (Fsp3) is 0. The van der Waals surface area contributed by atoms with E-state index in [1.807, 2.05) is 0 Å². The lowest BCUT2D eigenvalue weighted by Gasteiger charge is -2.50. The van der Waals surface area contributed by atoms with Crippen molar-refractivity contribution in [2.24, 2.45) is 0 Å². The molecule has 0 fully saturated rings. The molecule has 0 aromatic heterocycles. The summed E-state index contributed by atoms with van der Waals surface area (Å²) in [4.78, 5) is 6.14. The van der Waals surface area contributed by atoms with Crippen LogP contribution in [0, 0.1) is 0 Å². The molecule has 4 aliphatic heterocycles. The van der Waals surface area contributed by atoms with Gasteiger partial charge in [0.25, 0.3) is 6.71 Å². The Morgan fingerprint density at radius 1 is 0.250 bits per heavy atom. The van der Waals surface area contributed by atoms with E-state index in [0.29, 0.717) is 0 Å². The molecule has 0 bridgehead atoms. The molecule has 0 unspecified atom stereocenters. The molecule has 5 heteroatoms. The van der Waals surface area contributed by atoms with E-state index in [0.717, 1.165) is 55.3 Å². The number of nitrogens with zero attached hydrogens (tertiary/aromatic N) is 2. The first-order chi connectivity index (χ1) is 35.7. The number of thiocarbonyl (C=S) groups is 1. The maximum Gasteiger partial charge on any atom is 0.252 e. The molecule has 0 aliphatic carbocycles. The van der Waals surface area contributed by atoms with Crippen LogP contribution in [0.25, 0.3) is 55.6 Å². The highest BCUT2D eigenvalue weighted by molar-refractivity contribution is 7.81. The SMILES string of the molecule is S=C1c2ccccc2B2c3cc(-c4ccccc4)ccc3N3c4ccc(-c5ccccc5)cc4B4c5cc(-c6ccccc6)ccc5N(c5c(-c6ccccc6)cccc5-c5ccccc5)c5cc1c2c3c54. The minimum atomic E-state index is -0.120. The van der Waals surface area contributed by atoms with E-state index in [2.05, 4.69) is 265 Å². The van der Waals surface area contributed by atoms with E-state index in [4.69, 9.17) is 12.2 Å². The summed E-state index contributed by atoms with van der Waals surface area (Å²) < 4.78 is 0. The molecule has 0 saturated heterocycles. The van der Waals surface area contributed by atoms with Gasteiger partial charge in [0.15, 0.2) is 0 Å². The van der Waals surface area contributed by atoms with E-state index in [1.165, 1.54) is 83.2 Å². The molecule has 4 aliphatic rings. The molecular formula is C67H42B2N2S. The lowest BCUT2D eigenvalue weighted by molar-refractivity contribution is 1.26. The average Bonchev–Trinajstić information content (AvgIpc) is 3.47. The highest BCUT2D eigenvalue weighted by atomic mass is 32.1. The summed E-state index contributed by atoms with van der Waals surface area (Å²) in [5.74, 6) is 0. The Labute approximate surface area is 426 Å². The first-order valence-corrected chi connectivity index (χ1v) is 25.4. The lowest BCUT2D eigenvalue weighted by Crippen LogP contribution is -2.69. The minimum Gasteiger partial charge on any atom is -0.312 e. The molecule has 72 heavy (non-hydrogen) atoms. The van der Waals surface area contributed by atoms with Crippen LogP contribution in [0.15, 0.2) is 255 Å². The zero-order valence-corrected chi connectivity index (χ0v) is 40.0. The van der Waals surface area contributed by atoms with Gasteiger partial charge in [-0.2, -0.15) is 0 Å². The molecule has 0 N–H and O–H groups in total. The van der Waals surface area contributed by atoms with E-state index < -0.39 is 0 Å². The van der Waals surface area contributed by atoms with Gasteiger partial charge >= 0.3 is 0 Å². The number of benzene rings is 11. The predicted octanol–water partition coefficient (Wildman–Crippen LogP) is 13.0. The minimum absolute atomic E-state index is 0.0501. The standard InChI is InChI=1S/C67H42B2N2S/c72-67-53-29-16-17-32-55(53)68-56-39-48(43-19-6-1-7-20-43)33-36-59(56)70-60-37-34-49(44-21-8-2-9-22-44)40-57(60)69-58-41-50(45-23-10-3-11-24-45)35-38-61(58)71(62-42-54(67)63(68)66(70)64(62)69)65-51(46-25-12-4-13-26-46)30-18-31-52(65)47-27-14-5-15-28-47/h1-42H. The third kappa shape index (κ3) is 6.08. The van der Waals surface area contributed by atoms with Crippen molar-refractivity contribution in [2.45, 2.75) is 0 Å². The van der Waals surface area contributed by atoms with Gasteiger partial charge in [0.1, 0.15) is 0 Å². The van der Waals surface area contributed by atoms with Gasteiger partial charge in [-0.15, -0.1) is 0 Å². The van der Waals surface area contributed by atoms with Gasteiger partial charge in [-0.1, -0.05) is 248 Å². The Hall–Kier alpha value is -8.76. The Balaban J connectivity index is 1.11. The van der Waals surface area contributed by atoms with Crippen LogP contribution in [-0.4, -0.2) is 18.3 Å². The smallest absolute Gasteiger partial charge is 0.252 e.